The summed E-state index contributed by atoms with van der Waals surface area (Å²) in [6, 6.07) is 0. The van der Waals surface area contributed by atoms with Crippen LogP contribution in [0.4, 0.5) is 0 Å². The molecule has 1 heteroatoms. The first-order valence-electron chi connectivity index (χ1n) is 8.32. The second kappa shape index (κ2) is 7.31. The molecule has 0 aromatic carbocycles. The first-order valence-corrected chi connectivity index (χ1v) is 8.32. The molecular weight excluding hydrogens is 220 g/mol. The first kappa shape index (κ1) is 14.1. The van der Waals surface area contributed by atoms with Gasteiger partial charge in [-0.25, -0.2) is 0 Å². The normalized spacial score (nSPS) is 30.3. The minimum Gasteiger partial charge on any atom is -0.299 e. The highest BCUT2D eigenvalue weighted by Crippen LogP contribution is 2.33. The van der Waals surface area contributed by atoms with Crippen molar-refractivity contribution in [3.05, 3.63) is 0 Å². The van der Waals surface area contributed by atoms with Crippen molar-refractivity contribution in [2.24, 2.45) is 17.8 Å². The largest absolute Gasteiger partial charge is 0.299 e. The maximum atomic E-state index is 12.3. The van der Waals surface area contributed by atoms with Gasteiger partial charge in [-0.3, -0.25) is 4.79 Å². The van der Waals surface area contributed by atoms with Crippen molar-refractivity contribution in [3.8, 4) is 0 Å². The fourth-order valence-electron chi connectivity index (χ4n) is 3.98. The van der Waals surface area contributed by atoms with Gasteiger partial charge in [-0.15, -0.1) is 0 Å². The Labute approximate surface area is 113 Å². The number of rotatable bonds is 5. The zero-order chi connectivity index (χ0) is 12.8. The van der Waals surface area contributed by atoms with Crippen LogP contribution in [0, 0.1) is 17.8 Å². The van der Waals surface area contributed by atoms with Gasteiger partial charge in [0.2, 0.25) is 0 Å². The van der Waals surface area contributed by atoms with E-state index in [0.717, 1.165) is 18.3 Å². The third-order valence-electron chi connectivity index (χ3n) is 5.34. The van der Waals surface area contributed by atoms with E-state index in [2.05, 4.69) is 6.92 Å². The van der Waals surface area contributed by atoms with Gasteiger partial charge < -0.3 is 0 Å². The summed E-state index contributed by atoms with van der Waals surface area (Å²) in [5.41, 5.74) is 0. The molecule has 2 aliphatic rings. The summed E-state index contributed by atoms with van der Waals surface area (Å²) in [7, 11) is 0. The Morgan fingerprint density at radius 2 is 1.67 bits per heavy atom. The van der Waals surface area contributed by atoms with Crippen molar-refractivity contribution >= 4 is 5.78 Å². The molecule has 2 saturated carbocycles. The maximum Gasteiger partial charge on any atom is 0.135 e. The Morgan fingerprint density at radius 1 is 0.944 bits per heavy atom. The lowest BCUT2D eigenvalue weighted by molar-refractivity contribution is -0.124. The number of Topliss-reactive ketones (excluding diaryl/α,β-unsaturated/α-hetero) is 1. The molecule has 0 spiro atoms. The van der Waals surface area contributed by atoms with E-state index >= 15 is 0 Å². The van der Waals surface area contributed by atoms with Crippen molar-refractivity contribution in [3.63, 3.8) is 0 Å². The molecule has 0 radical (unpaired) electrons. The fourth-order valence-corrected chi connectivity index (χ4v) is 3.98. The predicted octanol–water partition coefficient (Wildman–Crippen LogP) is 5.13. The van der Waals surface area contributed by atoms with Crippen LogP contribution in [-0.4, -0.2) is 5.78 Å². The summed E-state index contributed by atoms with van der Waals surface area (Å²) in [4.78, 5) is 12.3. The Kier molecular flexibility index (Phi) is 5.72. The highest BCUT2D eigenvalue weighted by Gasteiger charge is 2.26. The van der Waals surface area contributed by atoms with Gasteiger partial charge in [0.25, 0.3) is 0 Å². The van der Waals surface area contributed by atoms with Crippen LogP contribution in [0.25, 0.3) is 0 Å². The molecule has 0 saturated heterocycles. The van der Waals surface area contributed by atoms with Crippen LogP contribution >= 0.6 is 0 Å². The van der Waals surface area contributed by atoms with E-state index in [4.69, 9.17) is 0 Å². The molecule has 2 rings (SSSR count). The van der Waals surface area contributed by atoms with Gasteiger partial charge in [-0.2, -0.15) is 0 Å². The quantitative estimate of drug-likeness (QED) is 0.661. The highest BCUT2D eigenvalue weighted by atomic mass is 16.1. The standard InChI is InChI=1S/C17H30O/c1-2-14-9-6-10-16(13-14)17(18)12-11-15-7-4-3-5-8-15/h14-16H,2-13H2,1H3. The molecule has 2 atom stereocenters. The van der Waals surface area contributed by atoms with E-state index in [9.17, 15) is 4.79 Å². The molecule has 1 nitrogen and oxygen atoms in total. The Bertz CT molecular complexity index is 252. The maximum absolute atomic E-state index is 12.3. The van der Waals surface area contributed by atoms with Gasteiger partial charge >= 0.3 is 0 Å². The molecule has 2 unspecified atom stereocenters. The molecule has 0 bridgehead atoms. The average Bonchev–Trinajstić information content (AvgIpc) is 2.46. The van der Waals surface area contributed by atoms with Crippen molar-refractivity contribution < 1.29 is 4.79 Å². The summed E-state index contributed by atoms with van der Waals surface area (Å²) in [5, 5.41) is 0. The van der Waals surface area contributed by atoms with Gasteiger partial charge in [0.05, 0.1) is 0 Å². The molecule has 0 heterocycles. The SMILES string of the molecule is CCC1CCCC(C(=O)CCC2CCCCC2)C1. The molecule has 0 aromatic rings. The highest BCUT2D eigenvalue weighted by molar-refractivity contribution is 5.81. The smallest absolute Gasteiger partial charge is 0.135 e. The second-order valence-corrected chi connectivity index (χ2v) is 6.65. The van der Waals surface area contributed by atoms with Gasteiger partial charge in [0.1, 0.15) is 5.78 Å². The molecule has 0 amide bonds. The number of ketones is 1. The first-order chi connectivity index (χ1) is 8.79. The molecular formula is C17H30O. The topological polar surface area (TPSA) is 17.1 Å². The molecule has 2 fully saturated rings. The van der Waals surface area contributed by atoms with Crippen LogP contribution < -0.4 is 0 Å². The number of carbonyl (C=O) groups excluding carboxylic acids is 1. The van der Waals surface area contributed by atoms with E-state index in [1.54, 1.807) is 0 Å². The van der Waals surface area contributed by atoms with E-state index in [1.807, 2.05) is 0 Å². The van der Waals surface area contributed by atoms with Crippen molar-refractivity contribution in [2.45, 2.75) is 84.0 Å². The van der Waals surface area contributed by atoms with Crippen LogP contribution in [-0.2, 0) is 4.79 Å². The molecule has 0 aliphatic heterocycles. The van der Waals surface area contributed by atoms with E-state index < -0.39 is 0 Å². The van der Waals surface area contributed by atoms with Gasteiger partial charge in [0, 0.05) is 12.3 Å². The van der Waals surface area contributed by atoms with Crippen molar-refractivity contribution in [2.75, 3.05) is 0 Å². The van der Waals surface area contributed by atoms with Crippen LogP contribution in [0.15, 0.2) is 0 Å². The predicted molar refractivity (Wildman–Crippen MR) is 76.6 cm³/mol. The molecule has 0 aromatic heterocycles. The molecule has 2 aliphatic carbocycles. The van der Waals surface area contributed by atoms with E-state index in [1.165, 1.54) is 70.6 Å². The Balaban J connectivity index is 1.70. The lowest BCUT2D eigenvalue weighted by Crippen LogP contribution is -2.23. The third kappa shape index (κ3) is 4.10. The minimum absolute atomic E-state index is 0.423. The zero-order valence-corrected chi connectivity index (χ0v) is 12.1. The zero-order valence-electron chi connectivity index (χ0n) is 12.1. The summed E-state index contributed by atoms with van der Waals surface area (Å²) >= 11 is 0. The number of hydrogen-bond donors (Lipinski definition) is 0. The fraction of sp³-hybridized carbons (Fsp3) is 0.941. The Morgan fingerprint density at radius 3 is 2.39 bits per heavy atom. The average molecular weight is 250 g/mol. The molecule has 0 N–H and O–H groups in total. The third-order valence-corrected chi connectivity index (χ3v) is 5.34. The summed E-state index contributed by atoms with van der Waals surface area (Å²) in [6.07, 6.45) is 15.4. The lowest BCUT2D eigenvalue weighted by Gasteiger charge is -2.28. The summed E-state index contributed by atoms with van der Waals surface area (Å²) in [6.45, 7) is 2.28. The van der Waals surface area contributed by atoms with Gasteiger partial charge in [-0.05, 0) is 31.1 Å². The lowest BCUT2D eigenvalue weighted by atomic mass is 9.76. The van der Waals surface area contributed by atoms with E-state index in [0.29, 0.717) is 11.7 Å². The minimum atomic E-state index is 0.423. The van der Waals surface area contributed by atoms with Crippen LogP contribution in [0.1, 0.15) is 84.0 Å². The van der Waals surface area contributed by atoms with Crippen LogP contribution in [0.3, 0.4) is 0 Å². The van der Waals surface area contributed by atoms with Crippen LogP contribution in [0.2, 0.25) is 0 Å². The molecule has 18 heavy (non-hydrogen) atoms. The van der Waals surface area contributed by atoms with E-state index in [-0.39, 0.29) is 0 Å². The number of hydrogen-bond acceptors (Lipinski definition) is 1. The van der Waals surface area contributed by atoms with Crippen molar-refractivity contribution in [1.82, 2.24) is 0 Å². The summed E-state index contributed by atoms with van der Waals surface area (Å²) < 4.78 is 0. The second-order valence-electron chi connectivity index (χ2n) is 6.65. The van der Waals surface area contributed by atoms with Gasteiger partial charge in [-0.1, -0.05) is 58.3 Å². The summed E-state index contributed by atoms with van der Waals surface area (Å²) in [5.74, 6) is 2.72. The Hall–Kier alpha value is -0.330. The van der Waals surface area contributed by atoms with Gasteiger partial charge in [0.15, 0.2) is 0 Å². The molecule has 104 valence electrons. The van der Waals surface area contributed by atoms with Crippen LogP contribution in [0.5, 0.6) is 0 Å². The monoisotopic (exact) mass is 250 g/mol. The number of carbonyl (C=O) groups is 1. The van der Waals surface area contributed by atoms with Crippen molar-refractivity contribution in [1.29, 1.82) is 0 Å².